The zero-order chi connectivity index (χ0) is 8.97. The van der Waals surface area contributed by atoms with E-state index in [2.05, 4.69) is 13.8 Å². The number of rotatable bonds is 3. The first-order chi connectivity index (χ1) is 5.75. The number of ether oxygens (including phenoxy) is 1. The lowest BCUT2D eigenvalue weighted by molar-refractivity contribution is -0.120. The molecule has 0 unspecified atom stereocenters. The van der Waals surface area contributed by atoms with Gasteiger partial charge >= 0.3 is 0 Å². The Kier molecular flexibility index (Phi) is 2.86. The van der Waals surface area contributed by atoms with Crippen LogP contribution in [-0.2, 0) is 4.79 Å². The highest BCUT2D eigenvalue weighted by atomic mass is 16.5. The van der Waals surface area contributed by atoms with E-state index in [1.807, 2.05) is 18.2 Å². The van der Waals surface area contributed by atoms with Gasteiger partial charge in [0.15, 0.2) is 0 Å². The Morgan fingerprint density at radius 1 is 1.33 bits per heavy atom. The number of hydrogen-bond donors (Lipinski definition) is 0. The average molecular weight is 164 g/mol. The van der Waals surface area contributed by atoms with Crippen molar-refractivity contribution >= 4 is 6.47 Å². The van der Waals surface area contributed by atoms with Gasteiger partial charge in [-0.15, -0.1) is 0 Å². The molecule has 2 nitrogen and oxygen atoms in total. The SMILES string of the molecule is CC(C)c1ccccc1OC=O. The second kappa shape index (κ2) is 3.90. The van der Waals surface area contributed by atoms with Crippen LogP contribution in [0.4, 0.5) is 0 Å². The van der Waals surface area contributed by atoms with Gasteiger partial charge < -0.3 is 4.74 Å². The quantitative estimate of drug-likeness (QED) is 0.641. The van der Waals surface area contributed by atoms with Crippen LogP contribution >= 0.6 is 0 Å². The molecule has 0 saturated carbocycles. The van der Waals surface area contributed by atoms with E-state index in [-0.39, 0.29) is 0 Å². The molecule has 0 amide bonds. The van der Waals surface area contributed by atoms with Crippen LogP contribution in [0, 0.1) is 0 Å². The molecule has 1 aromatic rings. The predicted molar refractivity (Wildman–Crippen MR) is 47.2 cm³/mol. The smallest absolute Gasteiger partial charge is 0.298 e. The summed E-state index contributed by atoms with van der Waals surface area (Å²) in [5, 5.41) is 0. The van der Waals surface area contributed by atoms with Crippen molar-refractivity contribution in [1.82, 2.24) is 0 Å². The first-order valence-electron chi connectivity index (χ1n) is 3.95. The topological polar surface area (TPSA) is 26.3 Å². The molecule has 0 N–H and O–H groups in total. The maximum Gasteiger partial charge on any atom is 0.298 e. The van der Waals surface area contributed by atoms with E-state index in [4.69, 9.17) is 4.74 Å². The van der Waals surface area contributed by atoms with Gasteiger partial charge in [-0.3, -0.25) is 4.79 Å². The summed E-state index contributed by atoms with van der Waals surface area (Å²) in [4.78, 5) is 10.1. The summed E-state index contributed by atoms with van der Waals surface area (Å²) in [6.45, 7) is 4.58. The lowest BCUT2D eigenvalue weighted by Crippen LogP contribution is -1.95. The number of para-hydroxylation sites is 1. The number of carbonyl (C=O) groups excluding carboxylic acids is 1. The highest BCUT2D eigenvalue weighted by Gasteiger charge is 2.05. The van der Waals surface area contributed by atoms with E-state index < -0.39 is 0 Å². The molecule has 0 aliphatic rings. The summed E-state index contributed by atoms with van der Waals surface area (Å²) in [5.41, 5.74) is 1.06. The Morgan fingerprint density at radius 3 is 2.58 bits per heavy atom. The van der Waals surface area contributed by atoms with Crippen molar-refractivity contribution in [2.24, 2.45) is 0 Å². The van der Waals surface area contributed by atoms with Gasteiger partial charge in [0.05, 0.1) is 0 Å². The van der Waals surface area contributed by atoms with Gasteiger partial charge in [0, 0.05) is 0 Å². The summed E-state index contributed by atoms with van der Waals surface area (Å²) in [7, 11) is 0. The minimum absolute atomic E-state index is 0.376. The summed E-state index contributed by atoms with van der Waals surface area (Å²) >= 11 is 0. The summed E-state index contributed by atoms with van der Waals surface area (Å²) < 4.78 is 4.82. The van der Waals surface area contributed by atoms with Gasteiger partial charge in [-0.2, -0.15) is 0 Å². The molecule has 2 heteroatoms. The van der Waals surface area contributed by atoms with Gasteiger partial charge in [0.2, 0.25) is 0 Å². The standard InChI is InChI=1S/C10H12O2/c1-8(2)9-5-3-4-6-10(9)12-7-11/h3-8H,1-2H3. The van der Waals surface area contributed by atoms with E-state index in [0.29, 0.717) is 18.1 Å². The Morgan fingerprint density at radius 2 is 2.00 bits per heavy atom. The van der Waals surface area contributed by atoms with Gasteiger partial charge in [0.1, 0.15) is 5.75 Å². The molecule has 0 aliphatic heterocycles. The third kappa shape index (κ3) is 1.84. The van der Waals surface area contributed by atoms with Crippen LogP contribution in [0.15, 0.2) is 24.3 Å². The maximum absolute atomic E-state index is 10.1. The Hall–Kier alpha value is -1.31. The van der Waals surface area contributed by atoms with Crippen LogP contribution in [0.2, 0.25) is 0 Å². The summed E-state index contributed by atoms with van der Waals surface area (Å²) in [5.74, 6) is 1.03. The Balaban J connectivity index is 2.99. The monoisotopic (exact) mass is 164 g/mol. The van der Waals surface area contributed by atoms with Crippen molar-refractivity contribution in [3.05, 3.63) is 29.8 Å². The van der Waals surface area contributed by atoms with Crippen LogP contribution in [0.25, 0.3) is 0 Å². The van der Waals surface area contributed by atoms with E-state index in [1.54, 1.807) is 6.07 Å². The third-order valence-corrected chi connectivity index (χ3v) is 1.72. The second-order valence-electron chi connectivity index (χ2n) is 2.91. The van der Waals surface area contributed by atoms with Gasteiger partial charge in [-0.25, -0.2) is 0 Å². The molecule has 0 spiro atoms. The van der Waals surface area contributed by atoms with Gasteiger partial charge in [0.25, 0.3) is 6.47 Å². The molecule has 0 atom stereocenters. The van der Waals surface area contributed by atoms with E-state index in [1.165, 1.54) is 0 Å². The third-order valence-electron chi connectivity index (χ3n) is 1.72. The van der Waals surface area contributed by atoms with Crippen molar-refractivity contribution in [3.63, 3.8) is 0 Å². The molecule has 0 bridgehead atoms. The molecular weight excluding hydrogens is 152 g/mol. The average Bonchev–Trinajstić information content (AvgIpc) is 2.05. The van der Waals surface area contributed by atoms with Crippen molar-refractivity contribution in [1.29, 1.82) is 0 Å². The molecule has 0 saturated heterocycles. The van der Waals surface area contributed by atoms with Gasteiger partial charge in [-0.05, 0) is 17.5 Å². The molecular formula is C10H12O2. The molecule has 12 heavy (non-hydrogen) atoms. The predicted octanol–water partition coefficient (Wildman–Crippen LogP) is 2.35. The normalized spacial score (nSPS) is 9.92. The lowest BCUT2D eigenvalue weighted by atomic mass is 10.0. The molecule has 64 valence electrons. The van der Waals surface area contributed by atoms with Crippen molar-refractivity contribution in [2.45, 2.75) is 19.8 Å². The van der Waals surface area contributed by atoms with Crippen molar-refractivity contribution in [2.75, 3.05) is 0 Å². The maximum atomic E-state index is 10.1. The van der Waals surface area contributed by atoms with Crippen LogP contribution in [0.5, 0.6) is 5.75 Å². The van der Waals surface area contributed by atoms with Crippen LogP contribution < -0.4 is 4.74 Å². The largest absolute Gasteiger partial charge is 0.428 e. The number of hydrogen-bond acceptors (Lipinski definition) is 2. The molecule has 0 aromatic heterocycles. The number of carbonyl (C=O) groups is 1. The summed E-state index contributed by atoms with van der Waals surface area (Å²) in [6, 6.07) is 7.55. The minimum Gasteiger partial charge on any atom is -0.428 e. The Labute approximate surface area is 72.2 Å². The zero-order valence-electron chi connectivity index (χ0n) is 7.28. The van der Waals surface area contributed by atoms with Crippen LogP contribution in [0.3, 0.4) is 0 Å². The second-order valence-corrected chi connectivity index (χ2v) is 2.91. The van der Waals surface area contributed by atoms with E-state index in [9.17, 15) is 4.79 Å². The lowest BCUT2D eigenvalue weighted by Gasteiger charge is -2.09. The van der Waals surface area contributed by atoms with Crippen molar-refractivity contribution in [3.8, 4) is 5.75 Å². The van der Waals surface area contributed by atoms with E-state index in [0.717, 1.165) is 5.56 Å². The minimum atomic E-state index is 0.376. The highest BCUT2D eigenvalue weighted by molar-refractivity contribution is 5.48. The molecule has 0 radical (unpaired) electrons. The van der Waals surface area contributed by atoms with E-state index >= 15 is 0 Å². The first-order valence-corrected chi connectivity index (χ1v) is 3.95. The number of benzene rings is 1. The van der Waals surface area contributed by atoms with Crippen LogP contribution in [-0.4, -0.2) is 6.47 Å². The van der Waals surface area contributed by atoms with Crippen molar-refractivity contribution < 1.29 is 9.53 Å². The molecule has 1 aromatic carbocycles. The van der Waals surface area contributed by atoms with Gasteiger partial charge in [-0.1, -0.05) is 32.0 Å². The summed E-state index contributed by atoms with van der Waals surface area (Å²) in [6.07, 6.45) is 0. The van der Waals surface area contributed by atoms with Crippen LogP contribution in [0.1, 0.15) is 25.3 Å². The molecule has 0 heterocycles. The molecule has 1 rings (SSSR count). The molecule has 0 aliphatic carbocycles. The fourth-order valence-corrected chi connectivity index (χ4v) is 1.12. The first kappa shape index (κ1) is 8.78. The highest BCUT2D eigenvalue weighted by Crippen LogP contribution is 2.25. The zero-order valence-corrected chi connectivity index (χ0v) is 7.28. The Bertz CT molecular complexity index is 266. The fraction of sp³-hybridized carbons (Fsp3) is 0.300. The molecule has 0 fully saturated rings. The fourth-order valence-electron chi connectivity index (χ4n) is 1.12.